The average molecular weight is 376 g/mol. The van der Waals surface area contributed by atoms with E-state index in [0.29, 0.717) is 18.8 Å². The van der Waals surface area contributed by atoms with Crippen LogP contribution in [0.25, 0.3) is 0 Å². The van der Waals surface area contributed by atoms with Gasteiger partial charge in [-0.15, -0.1) is 0 Å². The maximum absolute atomic E-state index is 12.6. The normalized spacial score (nSPS) is 19.9. The third kappa shape index (κ3) is 6.86. The van der Waals surface area contributed by atoms with E-state index in [1.54, 1.807) is 0 Å². The molecule has 0 aliphatic carbocycles. The molecule has 150 valence electrons. The van der Waals surface area contributed by atoms with Gasteiger partial charge in [-0.3, -0.25) is 9.59 Å². The number of carbonyl (C=O) groups excluding carboxylic acids is 1. The molecule has 0 bridgehead atoms. The van der Waals surface area contributed by atoms with Crippen LogP contribution < -0.4 is 4.74 Å². The smallest absolute Gasteiger partial charge is 0.303 e. The van der Waals surface area contributed by atoms with Gasteiger partial charge in [0.05, 0.1) is 0 Å². The fourth-order valence-corrected chi connectivity index (χ4v) is 3.77. The quantitative estimate of drug-likeness (QED) is 0.680. The second-order valence-electron chi connectivity index (χ2n) is 7.16. The summed E-state index contributed by atoms with van der Waals surface area (Å²) in [6.45, 7) is 8.44. The molecular weight excluding hydrogens is 344 g/mol. The fourth-order valence-electron chi connectivity index (χ4n) is 3.77. The van der Waals surface area contributed by atoms with Crippen LogP contribution in [0.3, 0.4) is 0 Å². The van der Waals surface area contributed by atoms with E-state index < -0.39 is 5.97 Å². The van der Waals surface area contributed by atoms with Crippen molar-refractivity contribution in [3.63, 3.8) is 0 Å². The molecule has 1 aromatic carbocycles. The minimum absolute atomic E-state index is 0.0242. The zero-order chi connectivity index (χ0) is 19.6. The number of rotatable bonds is 10. The Morgan fingerprint density at radius 1 is 1.19 bits per heavy atom. The van der Waals surface area contributed by atoms with Gasteiger partial charge in [-0.05, 0) is 56.4 Å². The minimum Gasteiger partial charge on any atom is -0.484 e. The molecule has 0 aromatic heterocycles. The van der Waals surface area contributed by atoms with E-state index in [1.807, 2.05) is 35.2 Å². The number of nitrogens with zero attached hydrogens (tertiary/aromatic N) is 2. The van der Waals surface area contributed by atoms with Crippen LogP contribution in [-0.2, 0) is 9.59 Å². The summed E-state index contributed by atoms with van der Waals surface area (Å²) in [6.07, 6.45) is 1.85. The average Bonchev–Trinajstić information content (AvgIpc) is 2.68. The second kappa shape index (κ2) is 10.9. The first-order valence-electron chi connectivity index (χ1n) is 9.93. The van der Waals surface area contributed by atoms with Crippen LogP contribution in [-0.4, -0.2) is 66.1 Å². The van der Waals surface area contributed by atoms with Crippen LogP contribution in [0.1, 0.15) is 33.1 Å². The number of piperidine rings is 1. The van der Waals surface area contributed by atoms with Crippen molar-refractivity contribution in [1.29, 1.82) is 0 Å². The number of carbonyl (C=O) groups is 2. The number of para-hydroxylation sites is 1. The molecule has 6 heteroatoms. The highest BCUT2D eigenvalue weighted by Crippen LogP contribution is 2.29. The van der Waals surface area contributed by atoms with Gasteiger partial charge >= 0.3 is 5.97 Å². The first-order valence-corrected chi connectivity index (χ1v) is 9.93. The van der Waals surface area contributed by atoms with E-state index in [1.165, 1.54) is 0 Å². The summed E-state index contributed by atoms with van der Waals surface area (Å²) in [5.74, 6) is 0.262. The Morgan fingerprint density at radius 3 is 2.52 bits per heavy atom. The number of hydrogen-bond acceptors (Lipinski definition) is 4. The lowest BCUT2D eigenvalue weighted by atomic mass is 9.81. The molecule has 2 atom stereocenters. The third-order valence-electron chi connectivity index (χ3n) is 5.50. The number of aliphatic carboxylic acids is 1. The highest BCUT2D eigenvalue weighted by molar-refractivity contribution is 5.78. The molecule has 2 rings (SSSR count). The second-order valence-corrected chi connectivity index (χ2v) is 7.16. The Hall–Kier alpha value is -2.08. The van der Waals surface area contributed by atoms with Gasteiger partial charge in [0, 0.05) is 19.5 Å². The van der Waals surface area contributed by atoms with Gasteiger partial charge in [0.15, 0.2) is 6.61 Å². The maximum atomic E-state index is 12.6. The molecule has 0 radical (unpaired) electrons. The van der Waals surface area contributed by atoms with Crippen LogP contribution in [0.4, 0.5) is 0 Å². The lowest BCUT2D eigenvalue weighted by Gasteiger charge is -2.39. The monoisotopic (exact) mass is 376 g/mol. The van der Waals surface area contributed by atoms with E-state index in [0.717, 1.165) is 32.5 Å². The lowest BCUT2D eigenvalue weighted by Crippen LogP contribution is -2.46. The van der Waals surface area contributed by atoms with Crippen molar-refractivity contribution in [2.45, 2.75) is 33.1 Å². The number of likely N-dealkylation sites (tertiary alicyclic amines) is 1. The molecule has 1 aromatic rings. The molecule has 1 amide bonds. The van der Waals surface area contributed by atoms with Crippen LogP contribution in [0.2, 0.25) is 0 Å². The molecule has 27 heavy (non-hydrogen) atoms. The van der Waals surface area contributed by atoms with Crippen molar-refractivity contribution in [3.8, 4) is 5.75 Å². The summed E-state index contributed by atoms with van der Waals surface area (Å²) in [5, 5.41) is 9.23. The van der Waals surface area contributed by atoms with Crippen LogP contribution in [0, 0.1) is 11.8 Å². The van der Waals surface area contributed by atoms with Crippen molar-refractivity contribution >= 4 is 11.9 Å². The zero-order valence-corrected chi connectivity index (χ0v) is 16.5. The molecule has 1 N–H and O–H groups in total. The largest absolute Gasteiger partial charge is 0.484 e. The number of amides is 1. The summed E-state index contributed by atoms with van der Waals surface area (Å²) in [4.78, 5) is 28.0. The summed E-state index contributed by atoms with van der Waals surface area (Å²) in [5.41, 5.74) is 0. The van der Waals surface area contributed by atoms with E-state index in [2.05, 4.69) is 18.7 Å². The van der Waals surface area contributed by atoms with Crippen LogP contribution in [0.5, 0.6) is 5.75 Å². The summed E-state index contributed by atoms with van der Waals surface area (Å²) < 4.78 is 5.59. The Morgan fingerprint density at radius 2 is 1.89 bits per heavy atom. The van der Waals surface area contributed by atoms with Gasteiger partial charge in [-0.1, -0.05) is 32.0 Å². The number of benzene rings is 1. The molecule has 0 saturated carbocycles. The van der Waals surface area contributed by atoms with Gasteiger partial charge < -0.3 is 19.6 Å². The van der Waals surface area contributed by atoms with Crippen molar-refractivity contribution < 1.29 is 19.4 Å². The molecule has 2 unspecified atom stereocenters. The van der Waals surface area contributed by atoms with Crippen molar-refractivity contribution in [2.24, 2.45) is 11.8 Å². The Balaban J connectivity index is 1.92. The topological polar surface area (TPSA) is 70.1 Å². The van der Waals surface area contributed by atoms with Crippen LogP contribution in [0.15, 0.2) is 30.3 Å². The van der Waals surface area contributed by atoms with Gasteiger partial charge in [-0.2, -0.15) is 0 Å². The van der Waals surface area contributed by atoms with Crippen molar-refractivity contribution in [3.05, 3.63) is 30.3 Å². The first-order chi connectivity index (χ1) is 13.0. The van der Waals surface area contributed by atoms with Gasteiger partial charge in [0.1, 0.15) is 5.75 Å². The number of hydrogen-bond donors (Lipinski definition) is 1. The number of carboxylic acids is 1. The summed E-state index contributed by atoms with van der Waals surface area (Å²) >= 11 is 0. The van der Waals surface area contributed by atoms with Gasteiger partial charge in [0.25, 0.3) is 5.91 Å². The number of ether oxygens (including phenoxy) is 1. The van der Waals surface area contributed by atoms with Crippen molar-refractivity contribution in [2.75, 3.05) is 39.3 Å². The predicted molar refractivity (Wildman–Crippen MR) is 105 cm³/mol. The maximum Gasteiger partial charge on any atom is 0.303 e. The highest BCUT2D eigenvalue weighted by atomic mass is 16.5. The Kier molecular flexibility index (Phi) is 8.58. The molecule has 1 heterocycles. The highest BCUT2D eigenvalue weighted by Gasteiger charge is 2.32. The van der Waals surface area contributed by atoms with Crippen LogP contribution >= 0.6 is 0 Å². The molecular formula is C21H32N2O4. The third-order valence-corrected chi connectivity index (χ3v) is 5.50. The molecule has 1 aliphatic heterocycles. The van der Waals surface area contributed by atoms with E-state index >= 15 is 0 Å². The molecule has 1 fully saturated rings. The minimum atomic E-state index is -0.750. The Labute approximate surface area is 162 Å². The molecule has 1 aliphatic rings. The lowest BCUT2D eigenvalue weighted by molar-refractivity contribution is -0.140. The van der Waals surface area contributed by atoms with Crippen molar-refractivity contribution in [1.82, 2.24) is 9.80 Å². The van der Waals surface area contributed by atoms with E-state index in [4.69, 9.17) is 4.74 Å². The molecule has 6 nitrogen and oxygen atoms in total. The Bertz CT molecular complexity index is 589. The summed E-state index contributed by atoms with van der Waals surface area (Å²) in [7, 11) is 0. The standard InChI is InChI=1S/C21H32N2O4/c1-3-22(4-2)12-10-18-15-23(13-11-17(18)14-21(25)26)20(24)16-27-19-8-6-5-7-9-19/h5-9,17-18H,3-4,10-16H2,1-2H3,(H,25,26). The molecule has 1 saturated heterocycles. The van der Waals surface area contributed by atoms with Gasteiger partial charge in [-0.25, -0.2) is 0 Å². The number of carboxylic acid groups (broad SMARTS) is 1. The SMILES string of the molecule is CCN(CC)CCC1CN(C(=O)COc2ccccc2)CCC1CC(=O)O. The van der Waals surface area contributed by atoms with Gasteiger partial charge in [0.2, 0.25) is 0 Å². The predicted octanol–water partition coefficient (Wildman–Crippen LogP) is 2.74. The first kappa shape index (κ1) is 21.2. The fraction of sp³-hybridized carbons (Fsp3) is 0.619. The summed E-state index contributed by atoms with van der Waals surface area (Å²) in [6, 6.07) is 9.32. The zero-order valence-electron chi connectivity index (χ0n) is 16.5. The molecule has 0 spiro atoms. The van der Waals surface area contributed by atoms with E-state index in [-0.39, 0.29) is 30.8 Å². The van der Waals surface area contributed by atoms with E-state index in [9.17, 15) is 14.7 Å².